The van der Waals surface area contributed by atoms with Gasteiger partial charge < -0.3 is 20.3 Å². The number of carbonyl (C=O) groups excluding carboxylic acids is 2. The van der Waals surface area contributed by atoms with Crippen LogP contribution < -0.4 is 5.32 Å². The van der Waals surface area contributed by atoms with E-state index in [2.05, 4.69) is 55.6 Å². The zero-order valence-corrected chi connectivity index (χ0v) is 63.7. The molecule has 0 spiro atoms. The number of aliphatic hydroxyl groups excluding tert-OH is 2. The van der Waals surface area contributed by atoms with Crippen molar-refractivity contribution in [3.8, 4) is 0 Å². The minimum atomic E-state index is -0.845. The summed E-state index contributed by atoms with van der Waals surface area (Å²) in [6.07, 6.45) is 111. The topological polar surface area (TPSA) is 95.9 Å². The second kappa shape index (κ2) is 83.2. The largest absolute Gasteiger partial charge is 0.466 e. The number of aliphatic hydroxyl groups is 2. The monoisotopic (exact) mass is 1320 g/mol. The van der Waals surface area contributed by atoms with Crippen molar-refractivity contribution in [3.63, 3.8) is 0 Å². The van der Waals surface area contributed by atoms with Crippen LogP contribution in [0.5, 0.6) is 0 Å². The normalized spacial score (nSPS) is 12.7. The molecule has 1 amide bonds. The summed E-state index contributed by atoms with van der Waals surface area (Å²) in [5.41, 5.74) is 0. The van der Waals surface area contributed by atoms with Crippen molar-refractivity contribution < 1.29 is 24.5 Å². The summed E-state index contributed by atoms with van der Waals surface area (Å²) >= 11 is 0. The molecule has 3 N–H and O–H groups in total. The maximum atomic E-state index is 12.6. The van der Waals surface area contributed by atoms with Gasteiger partial charge in [-0.3, -0.25) is 9.59 Å². The van der Waals surface area contributed by atoms with Crippen molar-refractivity contribution in [1.29, 1.82) is 0 Å². The van der Waals surface area contributed by atoms with Crippen LogP contribution in [0.25, 0.3) is 0 Å². The van der Waals surface area contributed by atoms with Crippen LogP contribution in [0.15, 0.2) is 48.6 Å². The lowest BCUT2D eigenvalue weighted by atomic mass is 10.0. The number of carbonyl (C=O) groups is 2. The molecule has 0 aromatic rings. The first kappa shape index (κ1) is 91.8. The number of hydrogen-bond donors (Lipinski definition) is 3. The summed E-state index contributed by atoms with van der Waals surface area (Å²) in [5.74, 6) is -0.0438. The van der Waals surface area contributed by atoms with Crippen LogP contribution in [0, 0.1) is 0 Å². The molecule has 0 aliphatic heterocycles. The van der Waals surface area contributed by atoms with E-state index >= 15 is 0 Å². The Morgan fingerprint density at radius 1 is 0.298 bits per heavy atom. The molecule has 6 nitrogen and oxygen atoms in total. The highest BCUT2D eigenvalue weighted by Crippen LogP contribution is 2.20. The van der Waals surface area contributed by atoms with E-state index in [1.54, 1.807) is 6.08 Å². The summed E-state index contributed by atoms with van der Waals surface area (Å²) in [6.45, 7) is 4.95. The van der Waals surface area contributed by atoms with Gasteiger partial charge in [-0.1, -0.05) is 422 Å². The van der Waals surface area contributed by atoms with Crippen LogP contribution >= 0.6 is 0 Å². The molecule has 0 aromatic carbocycles. The fourth-order valence-electron chi connectivity index (χ4n) is 13.5. The van der Waals surface area contributed by atoms with Gasteiger partial charge in [-0.2, -0.15) is 0 Å². The molecule has 2 unspecified atom stereocenters. The zero-order chi connectivity index (χ0) is 67.7. The Morgan fingerprint density at radius 2 is 0.532 bits per heavy atom. The Bertz CT molecular complexity index is 1570. The molecule has 0 aromatic heterocycles. The van der Waals surface area contributed by atoms with E-state index in [9.17, 15) is 19.8 Å². The Hall–Kier alpha value is -2.18. The van der Waals surface area contributed by atoms with Gasteiger partial charge in [-0.15, -0.1) is 0 Å². The van der Waals surface area contributed by atoms with Gasteiger partial charge in [-0.05, 0) is 89.9 Å². The maximum absolute atomic E-state index is 12.6. The number of esters is 1. The highest BCUT2D eigenvalue weighted by molar-refractivity contribution is 5.76. The van der Waals surface area contributed by atoms with E-state index in [-0.39, 0.29) is 18.5 Å². The third kappa shape index (κ3) is 78.8. The Morgan fingerprint density at radius 3 is 0.819 bits per heavy atom. The molecule has 0 radical (unpaired) electrons. The number of ether oxygens (including phenoxy) is 1. The molecule has 0 aliphatic rings. The Kier molecular flexibility index (Phi) is 81.3. The first-order chi connectivity index (χ1) is 46.5. The fourth-order valence-corrected chi connectivity index (χ4v) is 13.5. The molecule has 0 saturated heterocycles. The molecule has 0 fully saturated rings. The van der Waals surface area contributed by atoms with Crippen LogP contribution in [0.3, 0.4) is 0 Å². The average Bonchev–Trinajstić information content (AvgIpc) is 3.61. The van der Waals surface area contributed by atoms with Crippen molar-refractivity contribution in [3.05, 3.63) is 48.6 Å². The summed E-state index contributed by atoms with van der Waals surface area (Å²) in [5, 5.41) is 23.3. The lowest BCUT2D eigenvalue weighted by molar-refractivity contribution is -0.143. The number of nitrogens with one attached hydrogen (secondary N) is 1. The van der Waals surface area contributed by atoms with Crippen LogP contribution in [0.1, 0.15) is 476 Å². The predicted molar refractivity (Wildman–Crippen MR) is 416 cm³/mol. The molecule has 0 aliphatic carbocycles. The van der Waals surface area contributed by atoms with E-state index in [1.165, 1.54) is 405 Å². The summed E-state index contributed by atoms with van der Waals surface area (Å²) < 4.78 is 5.52. The van der Waals surface area contributed by atoms with E-state index in [0.717, 1.165) is 44.9 Å². The highest BCUT2D eigenvalue weighted by Gasteiger charge is 2.18. The quantitative estimate of drug-likeness (QED) is 0.0320. The first-order valence-corrected chi connectivity index (χ1v) is 42.9. The molecule has 0 heterocycles. The van der Waals surface area contributed by atoms with Gasteiger partial charge in [0.15, 0.2) is 0 Å². The second-order valence-electron chi connectivity index (χ2n) is 29.5. The summed E-state index contributed by atoms with van der Waals surface area (Å²) in [6, 6.07) is -0.628. The van der Waals surface area contributed by atoms with Crippen molar-refractivity contribution in [1.82, 2.24) is 5.32 Å². The first-order valence-electron chi connectivity index (χ1n) is 42.9. The number of unbranched alkanes of at least 4 members (excludes halogenated alkanes) is 64. The molecule has 2 atom stereocenters. The van der Waals surface area contributed by atoms with Crippen LogP contribution in [-0.4, -0.2) is 47.4 Å². The minimum Gasteiger partial charge on any atom is -0.466 e. The highest BCUT2D eigenvalue weighted by atomic mass is 16.5. The smallest absolute Gasteiger partial charge is 0.305 e. The molecule has 0 saturated carbocycles. The lowest BCUT2D eigenvalue weighted by Crippen LogP contribution is -2.45. The number of rotatable bonds is 81. The van der Waals surface area contributed by atoms with Crippen LogP contribution in [-0.2, 0) is 14.3 Å². The van der Waals surface area contributed by atoms with E-state index < -0.39 is 12.1 Å². The van der Waals surface area contributed by atoms with Crippen LogP contribution in [0.2, 0.25) is 0 Å². The molecule has 6 heteroatoms. The third-order valence-electron chi connectivity index (χ3n) is 20.1. The maximum Gasteiger partial charge on any atom is 0.305 e. The van der Waals surface area contributed by atoms with Gasteiger partial charge in [0.1, 0.15) is 0 Å². The number of amides is 1. The molecule has 0 bridgehead atoms. The van der Waals surface area contributed by atoms with E-state index in [1.807, 2.05) is 6.08 Å². The van der Waals surface area contributed by atoms with Crippen molar-refractivity contribution in [2.45, 2.75) is 488 Å². The van der Waals surface area contributed by atoms with Crippen molar-refractivity contribution in [2.75, 3.05) is 13.2 Å². The van der Waals surface area contributed by atoms with Crippen LogP contribution in [0.4, 0.5) is 0 Å². The summed E-state index contributed by atoms with van der Waals surface area (Å²) in [4.78, 5) is 24.7. The van der Waals surface area contributed by atoms with Crippen molar-refractivity contribution in [2.24, 2.45) is 0 Å². The number of hydrogen-bond acceptors (Lipinski definition) is 5. The lowest BCUT2D eigenvalue weighted by Gasteiger charge is -2.20. The Balaban J connectivity index is 3.38. The Labute approximate surface area is 588 Å². The average molecular weight is 1320 g/mol. The summed E-state index contributed by atoms with van der Waals surface area (Å²) in [7, 11) is 0. The third-order valence-corrected chi connectivity index (χ3v) is 20.1. The van der Waals surface area contributed by atoms with E-state index in [0.29, 0.717) is 19.4 Å². The molecular formula is C88H167NO5. The minimum absolute atomic E-state index is 0.0169. The molecule has 554 valence electrons. The van der Waals surface area contributed by atoms with Gasteiger partial charge >= 0.3 is 5.97 Å². The van der Waals surface area contributed by atoms with Gasteiger partial charge in [0.25, 0.3) is 0 Å². The van der Waals surface area contributed by atoms with Crippen molar-refractivity contribution >= 4 is 11.9 Å². The molecular weight excluding hydrogens is 1150 g/mol. The number of allylic oxidation sites excluding steroid dienone is 7. The van der Waals surface area contributed by atoms with E-state index in [4.69, 9.17) is 4.74 Å². The van der Waals surface area contributed by atoms with Gasteiger partial charge in [-0.25, -0.2) is 0 Å². The molecule has 94 heavy (non-hydrogen) atoms. The van der Waals surface area contributed by atoms with Gasteiger partial charge in [0.05, 0.1) is 25.4 Å². The van der Waals surface area contributed by atoms with Gasteiger partial charge in [0.2, 0.25) is 5.91 Å². The zero-order valence-electron chi connectivity index (χ0n) is 63.7. The predicted octanol–water partition coefficient (Wildman–Crippen LogP) is 28.7. The van der Waals surface area contributed by atoms with Gasteiger partial charge in [0, 0.05) is 12.8 Å². The second-order valence-corrected chi connectivity index (χ2v) is 29.5. The fraction of sp³-hybridized carbons (Fsp3) is 0.886. The molecule has 0 rings (SSSR count). The standard InChI is InChI=1S/C88H167NO5/c1-3-5-7-9-11-13-15-17-19-21-23-24-38-41-45-48-52-56-60-64-68-72-76-80-86(91)85(84-90)89-87(92)81-77-73-69-65-61-57-53-49-46-42-39-36-34-32-30-28-26-25-27-29-31-33-35-37-40-43-47-51-55-59-63-67-71-75-79-83-94-88(93)82-78-74-70-66-62-58-54-50-44-22-20-18-16-14-12-10-8-6-4-2/h18,20,27,29,33,35,76,80,85-86,90-91H,3-17,19,21-26,28,30-32,34,36-75,77-79,81-84H2,1-2H3,(H,89,92)/b20-18-,29-27-,35-33-,80-76+. The SMILES string of the molecule is CCCCCCCC/C=C\CCCCCCCCCCCC(=O)OCCCCCCCCCCCCC/C=C\C/C=C\CCCCCCCCCCCCCCCCCCCC(=O)NC(CO)C(O)/C=C/CCCCCCCCCCCCCCCCCCCCCCC.